The van der Waals surface area contributed by atoms with Crippen LogP contribution in [-0.2, 0) is 25.4 Å². The second kappa shape index (κ2) is 16.2. The van der Waals surface area contributed by atoms with E-state index in [9.17, 15) is 35.9 Å². The minimum absolute atomic E-state index is 0.00984. The summed E-state index contributed by atoms with van der Waals surface area (Å²) in [6.07, 6.45) is -9.31. The number of alkyl halides is 6. The Bertz CT molecular complexity index is 2440. The van der Waals surface area contributed by atoms with Crippen LogP contribution in [0, 0.1) is 0 Å². The molecule has 0 spiro atoms. The maximum atomic E-state index is 13.5. The molecule has 12 N–H and O–H groups in total. The fourth-order valence-electron chi connectivity index (χ4n) is 5.02. The van der Waals surface area contributed by atoms with E-state index in [0.717, 1.165) is 30.3 Å². The monoisotopic (exact) mass is 790 g/mol. The molecule has 4 aromatic heterocycles. The highest BCUT2D eigenvalue weighted by Crippen LogP contribution is 2.41. The van der Waals surface area contributed by atoms with Crippen LogP contribution in [0.5, 0.6) is 23.4 Å². The van der Waals surface area contributed by atoms with Gasteiger partial charge in [-0.3, -0.25) is 30.2 Å². The van der Waals surface area contributed by atoms with Crippen molar-refractivity contribution in [2.24, 2.45) is 32.9 Å². The predicted molar refractivity (Wildman–Crippen MR) is 190 cm³/mol. The summed E-state index contributed by atoms with van der Waals surface area (Å²) in [5, 5.41) is 4.06. The number of aliphatic imine (C=N–C) groups is 2. The molecule has 0 bridgehead atoms. The lowest BCUT2D eigenvalue weighted by Crippen LogP contribution is -2.36. The molecule has 6 aromatic rings. The number of guanidine groups is 2. The van der Waals surface area contributed by atoms with Crippen LogP contribution in [0.2, 0.25) is 0 Å². The highest BCUT2D eigenvalue weighted by molar-refractivity contribution is 6.08. The van der Waals surface area contributed by atoms with E-state index in [1.165, 1.54) is 32.3 Å². The molecular formula is C34H32F6N10O6. The van der Waals surface area contributed by atoms with Gasteiger partial charge in [0.25, 0.3) is 23.7 Å². The number of fused-ring (bicyclic) bond motifs is 2. The number of halogens is 6. The Morgan fingerprint density at radius 3 is 1.71 bits per heavy atom. The second-order valence-corrected chi connectivity index (χ2v) is 11.4. The molecule has 296 valence electrons. The van der Waals surface area contributed by atoms with E-state index in [0.29, 0.717) is 11.5 Å². The topological polar surface area (TPSA) is 263 Å². The standard InChI is InChI=1S/2C17H16F3N5O3/c1-23-16(22)25-15(26)11-6-9-10(17(18,19)20)3-4-12(14(9)24-11)28-13-5-2-8(7-21)27-13;1-23-16(22)25-15(26)13-6-10-11(17(18,19)20)4-9(5-12(10)24-13)28-14-3-2-8(7-21)27-14/h2*2-6,24H,7,21H2,1H3,(H3,22,23,25,26). The fraction of sp³-hybridized carbons (Fsp3) is 0.176. The number of nitrogens with two attached hydrogens (primary N) is 4. The summed E-state index contributed by atoms with van der Waals surface area (Å²) < 4.78 is 102. The lowest BCUT2D eigenvalue weighted by Gasteiger charge is -2.10. The molecule has 0 aliphatic heterocycles. The number of rotatable bonds is 8. The van der Waals surface area contributed by atoms with Crippen molar-refractivity contribution in [2.75, 3.05) is 14.1 Å². The summed E-state index contributed by atoms with van der Waals surface area (Å²) in [4.78, 5) is 36.7. The average Bonchev–Trinajstić information content (AvgIpc) is 3.97. The number of nitrogens with zero attached hydrogens (tertiary/aromatic N) is 2. The number of H-pyrrole nitrogens is 2. The van der Waals surface area contributed by atoms with Gasteiger partial charge in [0.05, 0.1) is 35.2 Å². The van der Waals surface area contributed by atoms with Crippen LogP contribution in [0.4, 0.5) is 26.3 Å². The Balaban J connectivity index is 0.000000214. The molecule has 0 saturated heterocycles. The number of nitrogens with one attached hydrogen (secondary N) is 4. The van der Waals surface area contributed by atoms with Gasteiger partial charge in [-0.1, -0.05) is 0 Å². The minimum atomic E-state index is -4.68. The molecule has 6 rings (SSSR count). The smallest absolute Gasteiger partial charge is 0.417 e. The first-order chi connectivity index (χ1) is 26.4. The highest BCUT2D eigenvalue weighted by Gasteiger charge is 2.35. The number of hydrogen-bond donors (Lipinski definition) is 8. The molecule has 22 heteroatoms. The third kappa shape index (κ3) is 9.22. The van der Waals surface area contributed by atoms with Crippen LogP contribution in [0.15, 0.2) is 79.5 Å². The van der Waals surface area contributed by atoms with Crippen molar-refractivity contribution in [1.82, 2.24) is 20.6 Å². The van der Waals surface area contributed by atoms with E-state index in [2.05, 4.69) is 30.6 Å². The van der Waals surface area contributed by atoms with E-state index in [1.807, 2.05) is 0 Å². The number of carbonyl (C=O) groups excluding carboxylic acids is 2. The highest BCUT2D eigenvalue weighted by atomic mass is 19.4. The first-order valence-electron chi connectivity index (χ1n) is 15.9. The lowest BCUT2D eigenvalue weighted by molar-refractivity contribution is -0.137. The molecule has 0 aliphatic carbocycles. The third-order valence-electron chi connectivity index (χ3n) is 7.64. The van der Waals surface area contributed by atoms with Crippen LogP contribution < -0.4 is 43.0 Å². The average molecular weight is 791 g/mol. The largest absolute Gasteiger partial charge is 0.429 e. The number of furan rings is 2. The first kappa shape index (κ1) is 40.2. The maximum Gasteiger partial charge on any atom is 0.417 e. The van der Waals surface area contributed by atoms with E-state index < -0.39 is 35.3 Å². The van der Waals surface area contributed by atoms with Crippen molar-refractivity contribution in [3.8, 4) is 23.4 Å². The van der Waals surface area contributed by atoms with Gasteiger partial charge >= 0.3 is 12.4 Å². The van der Waals surface area contributed by atoms with Crippen molar-refractivity contribution in [3.05, 3.63) is 94.7 Å². The number of aromatic amines is 2. The second-order valence-electron chi connectivity index (χ2n) is 11.4. The van der Waals surface area contributed by atoms with E-state index in [-0.39, 0.29) is 81.6 Å². The van der Waals surface area contributed by atoms with Crippen LogP contribution in [0.1, 0.15) is 43.6 Å². The van der Waals surface area contributed by atoms with Gasteiger partial charge in [-0.15, -0.1) is 0 Å². The number of carbonyl (C=O) groups is 2. The molecule has 56 heavy (non-hydrogen) atoms. The lowest BCUT2D eigenvalue weighted by atomic mass is 10.1. The molecule has 0 radical (unpaired) electrons. The molecule has 4 heterocycles. The summed E-state index contributed by atoms with van der Waals surface area (Å²) in [5.41, 5.74) is 19.6. The number of ether oxygens (including phenoxy) is 2. The van der Waals surface area contributed by atoms with Gasteiger partial charge in [-0.05, 0) is 42.5 Å². The van der Waals surface area contributed by atoms with Crippen LogP contribution in [0.3, 0.4) is 0 Å². The summed E-state index contributed by atoms with van der Waals surface area (Å²) >= 11 is 0. The number of aromatic nitrogens is 2. The first-order valence-corrected chi connectivity index (χ1v) is 15.9. The van der Waals surface area contributed by atoms with Gasteiger partial charge in [0.2, 0.25) is 0 Å². The number of amides is 2. The van der Waals surface area contributed by atoms with Crippen molar-refractivity contribution in [1.29, 1.82) is 0 Å². The van der Waals surface area contributed by atoms with Gasteiger partial charge in [0, 0.05) is 43.1 Å². The van der Waals surface area contributed by atoms with Gasteiger partial charge in [-0.2, -0.15) is 26.3 Å². The predicted octanol–water partition coefficient (Wildman–Crippen LogP) is 5.41. The van der Waals surface area contributed by atoms with Gasteiger partial charge < -0.3 is 51.2 Å². The zero-order valence-electron chi connectivity index (χ0n) is 29.1. The summed E-state index contributed by atoms with van der Waals surface area (Å²) in [6.45, 7) is 0.258. The van der Waals surface area contributed by atoms with E-state index in [1.54, 1.807) is 12.1 Å². The molecule has 2 amide bonds. The number of benzene rings is 2. The Morgan fingerprint density at radius 2 is 1.21 bits per heavy atom. The van der Waals surface area contributed by atoms with Crippen molar-refractivity contribution in [3.63, 3.8) is 0 Å². The van der Waals surface area contributed by atoms with Gasteiger partial charge in [0.15, 0.2) is 17.7 Å². The third-order valence-corrected chi connectivity index (χ3v) is 7.64. The fourth-order valence-corrected chi connectivity index (χ4v) is 5.02. The van der Waals surface area contributed by atoms with Gasteiger partial charge in [0.1, 0.15) is 28.7 Å². The normalized spacial score (nSPS) is 12.4. The molecule has 0 aliphatic rings. The molecule has 0 fully saturated rings. The molecule has 2 aromatic carbocycles. The zero-order valence-corrected chi connectivity index (χ0v) is 29.1. The molecule has 0 unspecified atom stereocenters. The van der Waals surface area contributed by atoms with Crippen LogP contribution >= 0.6 is 0 Å². The van der Waals surface area contributed by atoms with Crippen LogP contribution in [-0.4, -0.2) is 47.8 Å². The number of hydrogen-bond acceptors (Lipinski definition) is 10. The van der Waals surface area contributed by atoms with Crippen molar-refractivity contribution in [2.45, 2.75) is 25.4 Å². The summed E-state index contributed by atoms with van der Waals surface area (Å²) in [7, 11) is 2.71. The molecular weight excluding hydrogens is 758 g/mol. The van der Waals surface area contributed by atoms with Crippen LogP contribution in [0.25, 0.3) is 21.8 Å². The van der Waals surface area contributed by atoms with E-state index >= 15 is 0 Å². The maximum absolute atomic E-state index is 13.5. The van der Waals surface area contributed by atoms with Gasteiger partial charge in [-0.25, -0.2) is 0 Å². The summed E-state index contributed by atoms with van der Waals surface area (Å²) in [6, 6.07) is 12.4. The van der Waals surface area contributed by atoms with Crippen molar-refractivity contribution < 1.29 is 54.2 Å². The quantitative estimate of drug-likeness (QED) is 0.0552. The molecule has 0 atom stereocenters. The molecule has 16 nitrogen and oxygen atoms in total. The van der Waals surface area contributed by atoms with E-state index in [4.69, 9.17) is 41.2 Å². The summed E-state index contributed by atoms with van der Waals surface area (Å²) in [5.74, 6) is -1.01. The molecule has 0 saturated carbocycles. The minimum Gasteiger partial charge on any atom is -0.429 e. The zero-order chi connectivity index (χ0) is 40.9. The Morgan fingerprint density at radius 1 is 0.696 bits per heavy atom. The van der Waals surface area contributed by atoms with Crippen molar-refractivity contribution >= 4 is 45.5 Å². The SMILES string of the molecule is CN=C(N)NC(=O)c1cc2c(C(F)(F)F)cc(Oc3ccc(CN)o3)cc2[nH]1.CN=C(N)NC(=O)c1cc2c(C(F)(F)F)ccc(Oc3ccc(CN)o3)c2[nH]1. The Hall–Kier alpha value is -6.94. The Labute approximate surface area is 310 Å². The Kier molecular flexibility index (Phi) is 11.6.